The van der Waals surface area contributed by atoms with Crippen LogP contribution in [0.3, 0.4) is 0 Å². The number of ether oxygens (including phenoxy) is 3. The highest BCUT2D eigenvalue weighted by Gasteiger charge is 2.49. The predicted octanol–water partition coefficient (Wildman–Crippen LogP) is 2.59. The zero-order chi connectivity index (χ0) is 14.9. The molecule has 2 saturated heterocycles. The molecule has 0 radical (unpaired) electrons. The maximum Gasteiger partial charge on any atom is 0.184 e. The van der Waals surface area contributed by atoms with Crippen molar-refractivity contribution in [3.63, 3.8) is 0 Å². The smallest absolute Gasteiger partial charge is 0.184 e. The summed E-state index contributed by atoms with van der Waals surface area (Å²) >= 11 is 0. The summed E-state index contributed by atoms with van der Waals surface area (Å²) in [5.41, 5.74) is 1.17. The third-order valence-corrected chi connectivity index (χ3v) is 4.78. The van der Waals surface area contributed by atoms with Crippen LogP contribution in [-0.2, 0) is 25.2 Å². The van der Waals surface area contributed by atoms with E-state index in [2.05, 4.69) is 31.8 Å². The summed E-state index contributed by atoms with van der Waals surface area (Å²) in [6.45, 7) is 8.38. The molecule has 2 heterocycles. The van der Waals surface area contributed by atoms with Crippen molar-refractivity contribution in [3.05, 3.63) is 35.9 Å². The second kappa shape index (κ2) is 6.18. The normalized spacial score (nSPS) is 32.3. The van der Waals surface area contributed by atoms with Gasteiger partial charge in [-0.05, 0) is 25.2 Å². The molecule has 0 spiro atoms. The number of rotatable bonds is 5. The second-order valence-corrected chi connectivity index (χ2v) is 11.2. The lowest BCUT2D eigenvalue weighted by Gasteiger charge is -2.25. The highest BCUT2D eigenvalue weighted by atomic mass is 28.4. The molecule has 0 amide bonds. The van der Waals surface area contributed by atoms with Gasteiger partial charge >= 0.3 is 0 Å². The van der Waals surface area contributed by atoms with Gasteiger partial charge in [-0.15, -0.1) is 0 Å². The van der Waals surface area contributed by atoms with E-state index in [1.54, 1.807) is 0 Å². The fraction of sp³-hybridized carbons (Fsp3) is 0.625. The molecule has 2 aliphatic heterocycles. The summed E-state index contributed by atoms with van der Waals surface area (Å²) in [7, 11) is -1.58. The van der Waals surface area contributed by atoms with Gasteiger partial charge in [-0.3, -0.25) is 0 Å². The van der Waals surface area contributed by atoms with Crippen LogP contribution in [0.15, 0.2) is 30.3 Å². The fourth-order valence-electron chi connectivity index (χ4n) is 2.90. The second-order valence-electron chi connectivity index (χ2n) is 6.70. The van der Waals surface area contributed by atoms with Crippen LogP contribution in [0.1, 0.15) is 5.56 Å². The average Bonchev–Trinajstić information content (AvgIpc) is 3.00. The summed E-state index contributed by atoms with van der Waals surface area (Å²) in [5.74, 6) is 0. The summed E-state index contributed by atoms with van der Waals surface area (Å²) in [6, 6.07) is 10.2. The van der Waals surface area contributed by atoms with Crippen molar-refractivity contribution < 1.29 is 18.6 Å². The molecule has 4 atom stereocenters. The Morgan fingerprint density at radius 1 is 1.00 bits per heavy atom. The number of hydrogen-bond donors (Lipinski definition) is 0. The van der Waals surface area contributed by atoms with Gasteiger partial charge in [0.15, 0.2) is 8.32 Å². The van der Waals surface area contributed by atoms with Gasteiger partial charge in [-0.25, -0.2) is 0 Å². The Morgan fingerprint density at radius 2 is 1.62 bits per heavy atom. The van der Waals surface area contributed by atoms with Crippen molar-refractivity contribution in [2.24, 2.45) is 0 Å². The van der Waals surface area contributed by atoms with Crippen molar-refractivity contribution in [2.75, 3.05) is 13.2 Å². The first kappa shape index (κ1) is 15.2. The Bertz CT molecular complexity index is 459. The first-order chi connectivity index (χ1) is 10.0. The van der Waals surface area contributed by atoms with Crippen LogP contribution in [0.4, 0.5) is 0 Å². The summed E-state index contributed by atoms with van der Waals surface area (Å²) in [6.07, 6.45) is 0.102. The maximum absolute atomic E-state index is 6.16. The zero-order valence-electron chi connectivity index (χ0n) is 13.0. The summed E-state index contributed by atoms with van der Waals surface area (Å²) < 4.78 is 23.9. The summed E-state index contributed by atoms with van der Waals surface area (Å²) in [4.78, 5) is 0. The van der Waals surface area contributed by atoms with Crippen LogP contribution >= 0.6 is 0 Å². The largest absolute Gasteiger partial charge is 0.410 e. The van der Waals surface area contributed by atoms with Crippen LogP contribution in [0, 0.1) is 0 Å². The molecule has 1 aromatic rings. The molecule has 0 saturated carbocycles. The van der Waals surface area contributed by atoms with Gasteiger partial charge in [0.05, 0.1) is 25.9 Å². The number of hydrogen-bond acceptors (Lipinski definition) is 4. The zero-order valence-corrected chi connectivity index (χ0v) is 14.0. The van der Waals surface area contributed by atoms with Crippen LogP contribution in [0.25, 0.3) is 0 Å². The van der Waals surface area contributed by atoms with Crippen LogP contribution in [0.5, 0.6) is 0 Å². The molecule has 0 aliphatic carbocycles. The predicted molar refractivity (Wildman–Crippen MR) is 82.7 cm³/mol. The van der Waals surface area contributed by atoms with Gasteiger partial charge in [-0.1, -0.05) is 30.3 Å². The molecule has 0 unspecified atom stereocenters. The standard InChI is InChI=1S/C16H24O4Si/c1-21(2,3)20-14-11-19-15-13(10-18-16(14)15)17-9-12-7-5-4-6-8-12/h4-8,13-16H,9-11H2,1-3H3/t13-,14-,15-,16-/m1/s1. The quantitative estimate of drug-likeness (QED) is 0.784. The Morgan fingerprint density at radius 3 is 2.29 bits per heavy atom. The molecule has 2 aliphatic rings. The van der Waals surface area contributed by atoms with Gasteiger partial charge in [0.2, 0.25) is 0 Å². The molecule has 5 heteroatoms. The van der Waals surface area contributed by atoms with E-state index < -0.39 is 8.32 Å². The molecule has 116 valence electrons. The SMILES string of the molecule is C[Si](C)(C)O[C@@H]1CO[C@H]2[C@@H]1OC[C@H]2OCc1ccccc1. The lowest BCUT2D eigenvalue weighted by molar-refractivity contribution is -0.0429. The average molecular weight is 308 g/mol. The number of fused-ring (bicyclic) bond motifs is 1. The molecule has 1 aromatic carbocycles. The van der Waals surface area contributed by atoms with E-state index in [1.165, 1.54) is 5.56 Å². The highest BCUT2D eigenvalue weighted by molar-refractivity contribution is 6.69. The van der Waals surface area contributed by atoms with Crippen molar-refractivity contribution in [2.45, 2.75) is 50.7 Å². The molecule has 0 bridgehead atoms. The lowest BCUT2D eigenvalue weighted by atomic mass is 10.1. The van der Waals surface area contributed by atoms with Gasteiger partial charge in [0, 0.05) is 0 Å². The van der Waals surface area contributed by atoms with Crippen molar-refractivity contribution in [3.8, 4) is 0 Å². The Hall–Kier alpha value is -0.723. The third kappa shape index (κ3) is 3.73. The van der Waals surface area contributed by atoms with Crippen molar-refractivity contribution in [1.29, 1.82) is 0 Å². The molecule has 4 nitrogen and oxygen atoms in total. The minimum absolute atomic E-state index is 0.00504. The highest BCUT2D eigenvalue weighted by Crippen LogP contribution is 2.32. The monoisotopic (exact) mass is 308 g/mol. The third-order valence-electron chi connectivity index (χ3n) is 3.77. The van der Waals surface area contributed by atoms with E-state index in [-0.39, 0.29) is 24.4 Å². The van der Waals surface area contributed by atoms with E-state index in [1.807, 2.05) is 18.2 Å². The van der Waals surface area contributed by atoms with Crippen LogP contribution in [0.2, 0.25) is 19.6 Å². The van der Waals surface area contributed by atoms with Crippen LogP contribution in [-0.4, -0.2) is 45.9 Å². The van der Waals surface area contributed by atoms with Gasteiger partial charge in [-0.2, -0.15) is 0 Å². The van der Waals surface area contributed by atoms with Gasteiger partial charge in [0.1, 0.15) is 18.3 Å². The van der Waals surface area contributed by atoms with Gasteiger partial charge in [0.25, 0.3) is 0 Å². The Kier molecular flexibility index (Phi) is 4.47. The molecular formula is C16H24O4Si. The minimum Gasteiger partial charge on any atom is -0.410 e. The molecular weight excluding hydrogens is 284 g/mol. The molecule has 2 fully saturated rings. The summed E-state index contributed by atoms with van der Waals surface area (Å²) in [5, 5.41) is 0. The Labute approximate surface area is 127 Å². The molecule has 0 aromatic heterocycles. The van der Waals surface area contributed by atoms with E-state index in [9.17, 15) is 0 Å². The lowest BCUT2D eigenvalue weighted by Crippen LogP contribution is -2.40. The van der Waals surface area contributed by atoms with Gasteiger partial charge < -0.3 is 18.6 Å². The van der Waals surface area contributed by atoms with Crippen LogP contribution < -0.4 is 0 Å². The van der Waals surface area contributed by atoms with E-state index in [0.29, 0.717) is 19.8 Å². The minimum atomic E-state index is -1.58. The van der Waals surface area contributed by atoms with E-state index >= 15 is 0 Å². The van der Waals surface area contributed by atoms with Crippen molar-refractivity contribution >= 4 is 8.32 Å². The maximum atomic E-state index is 6.16. The fourth-order valence-corrected chi connectivity index (χ4v) is 4.02. The topological polar surface area (TPSA) is 36.9 Å². The van der Waals surface area contributed by atoms with E-state index in [0.717, 1.165) is 0 Å². The van der Waals surface area contributed by atoms with Crippen molar-refractivity contribution in [1.82, 2.24) is 0 Å². The first-order valence-electron chi connectivity index (χ1n) is 7.59. The van der Waals surface area contributed by atoms with E-state index in [4.69, 9.17) is 18.6 Å². The number of benzene rings is 1. The first-order valence-corrected chi connectivity index (χ1v) is 11.0. The Balaban J connectivity index is 1.54. The molecule has 3 rings (SSSR count). The molecule has 0 N–H and O–H groups in total. The molecule has 21 heavy (non-hydrogen) atoms.